The molecule has 0 unspecified atom stereocenters. The maximum atomic E-state index is 10.6. The van der Waals surface area contributed by atoms with Crippen molar-refractivity contribution in [1.82, 2.24) is 0 Å². The molecular weight excluding hydrogens is 224 g/mol. The Labute approximate surface area is 100.0 Å². The van der Waals surface area contributed by atoms with Gasteiger partial charge >= 0.3 is 0 Å². The molecule has 0 atom stereocenters. The number of nitro benzene ring substituents is 1. The summed E-state index contributed by atoms with van der Waals surface area (Å²) in [6.07, 6.45) is 1.62. The van der Waals surface area contributed by atoms with Crippen LogP contribution >= 0.6 is 12.6 Å². The van der Waals surface area contributed by atoms with Crippen molar-refractivity contribution in [3.63, 3.8) is 0 Å². The Balaban J connectivity index is 3.08. The Morgan fingerprint density at radius 2 is 2.06 bits per heavy atom. The highest BCUT2D eigenvalue weighted by molar-refractivity contribution is 7.80. The van der Waals surface area contributed by atoms with E-state index in [0.717, 1.165) is 0 Å². The van der Waals surface area contributed by atoms with Crippen LogP contribution in [0.25, 0.3) is 0 Å². The molecule has 0 bridgehead atoms. The fourth-order valence-corrected chi connectivity index (χ4v) is 1.22. The first kappa shape index (κ1) is 12.7. The van der Waals surface area contributed by atoms with Crippen molar-refractivity contribution in [2.75, 3.05) is 0 Å². The normalized spacial score (nSPS) is 12.0. The molecule has 0 heterocycles. The van der Waals surface area contributed by atoms with Gasteiger partial charge in [-0.25, -0.2) is 0 Å². The Hall–Kier alpha value is -1.36. The van der Waals surface area contributed by atoms with Crippen LogP contribution < -0.4 is 0 Å². The zero-order chi connectivity index (χ0) is 12.3. The van der Waals surface area contributed by atoms with E-state index in [0.29, 0.717) is 10.5 Å². The standard InChI is InChI=1S/C11H14N2O2S/c1-11(2,3)12-7-8-6-9(13(14)15)4-5-10(8)16/h4-7,16H,1-3H3. The zero-order valence-corrected chi connectivity index (χ0v) is 10.4. The Morgan fingerprint density at radius 1 is 1.44 bits per heavy atom. The van der Waals surface area contributed by atoms with Crippen molar-refractivity contribution in [3.8, 4) is 0 Å². The van der Waals surface area contributed by atoms with Gasteiger partial charge in [0.05, 0.1) is 10.5 Å². The third-order valence-electron chi connectivity index (χ3n) is 1.81. The highest BCUT2D eigenvalue weighted by Gasteiger charge is 2.09. The number of hydrogen-bond donors (Lipinski definition) is 1. The number of benzene rings is 1. The summed E-state index contributed by atoms with van der Waals surface area (Å²) in [5.74, 6) is 0. The molecule has 0 N–H and O–H groups in total. The lowest BCUT2D eigenvalue weighted by Crippen LogP contribution is -2.09. The van der Waals surface area contributed by atoms with Gasteiger partial charge in [-0.05, 0) is 26.8 Å². The zero-order valence-electron chi connectivity index (χ0n) is 9.47. The first-order chi connectivity index (χ1) is 7.29. The van der Waals surface area contributed by atoms with Gasteiger partial charge in [0.2, 0.25) is 0 Å². The maximum absolute atomic E-state index is 10.6. The minimum Gasteiger partial charge on any atom is -0.287 e. The number of non-ortho nitro benzene ring substituents is 1. The second-order valence-electron chi connectivity index (χ2n) is 4.43. The molecule has 0 aromatic heterocycles. The van der Waals surface area contributed by atoms with Crippen LogP contribution in [0.15, 0.2) is 28.1 Å². The number of nitrogens with zero attached hydrogens (tertiary/aromatic N) is 2. The molecule has 0 aliphatic heterocycles. The molecule has 1 aromatic rings. The molecule has 0 amide bonds. The predicted octanol–water partition coefficient (Wildman–Crippen LogP) is 3.10. The SMILES string of the molecule is CC(C)(C)N=Cc1cc([N+](=O)[O-])ccc1S. The van der Waals surface area contributed by atoms with Crippen LogP contribution in [0.4, 0.5) is 5.69 Å². The smallest absolute Gasteiger partial charge is 0.270 e. The molecular formula is C11H14N2O2S. The minimum absolute atomic E-state index is 0.0492. The van der Waals surface area contributed by atoms with Gasteiger partial charge < -0.3 is 0 Å². The largest absolute Gasteiger partial charge is 0.287 e. The van der Waals surface area contributed by atoms with E-state index >= 15 is 0 Å². The first-order valence-corrected chi connectivity index (χ1v) is 5.27. The van der Waals surface area contributed by atoms with E-state index in [1.54, 1.807) is 12.3 Å². The van der Waals surface area contributed by atoms with Crippen LogP contribution in [0.5, 0.6) is 0 Å². The summed E-state index contributed by atoms with van der Waals surface area (Å²) in [6, 6.07) is 4.50. The van der Waals surface area contributed by atoms with Gasteiger partial charge in [-0.3, -0.25) is 15.1 Å². The highest BCUT2D eigenvalue weighted by Crippen LogP contribution is 2.20. The summed E-state index contributed by atoms with van der Waals surface area (Å²) in [5, 5.41) is 10.6. The molecule has 0 radical (unpaired) electrons. The lowest BCUT2D eigenvalue weighted by molar-refractivity contribution is -0.384. The number of rotatable bonds is 2. The molecule has 0 saturated carbocycles. The molecule has 86 valence electrons. The monoisotopic (exact) mass is 238 g/mol. The van der Waals surface area contributed by atoms with Crippen molar-refractivity contribution in [3.05, 3.63) is 33.9 Å². The fraction of sp³-hybridized carbons (Fsp3) is 0.364. The average Bonchev–Trinajstić information content (AvgIpc) is 2.14. The van der Waals surface area contributed by atoms with Gasteiger partial charge in [0.25, 0.3) is 5.69 Å². The molecule has 4 nitrogen and oxygen atoms in total. The van der Waals surface area contributed by atoms with Crippen LogP contribution in [0, 0.1) is 10.1 Å². The topological polar surface area (TPSA) is 55.5 Å². The van der Waals surface area contributed by atoms with Crippen molar-refractivity contribution >= 4 is 24.5 Å². The summed E-state index contributed by atoms with van der Waals surface area (Å²) in [4.78, 5) is 15.1. The second kappa shape index (κ2) is 4.65. The van der Waals surface area contributed by atoms with Crippen LogP contribution in [0.1, 0.15) is 26.3 Å². The van der Waals surface area contributed by atoms with E-state index in [9.17, 15) is 10.1 Å². The lowest BCUT2D eigenvalue weighted by Gasteiger charge is -2.11. The summed E-state index contributed by atoms with van der Waals surface area (Å²) in [5.41, 5.74) is 0.505. The van der Waals surface area contributed by atoms with Gasteiger partial charge in [-0.15, -0.1) is 12.6 Å². The van der Waals surface area contributed by atoms with E-state index in [4.69, 9.17) is 0 Å². The molecule has 0 fully saturated rings. The van der Waals surface area contributed by atoms with Gasteiger partial charge in [0.1, 0.15) is 0 Å². The van der Waals surface area contributed by atoms with Crippen LogP contribution in [-0.2, 0) is 0 Å². The predicted molar refractivity (Wildman–Crippen MR) is 67.7 cm³/mol. The minimum atomic E-state index is -0.429. The Bertz CT molecular complexity index is 436. The van der Waals surface area contributed by atoms with Crippen molar-refractivity contribution in [2.24, 2.45) is 4.99 Å². The van der Waals surface area contributed by atoms with E-state index in [1.165, 1.54) is 12.1 Å². The average molecular weight is 238 g/mol. The molecule has 1 rings (SSSR count). The van der Waals surface area contributed by atoms with Gasteiger partial charge in [0, 0.05) is 28.8 Å². The van der Waals surface area contributed by atoms with Crippen LogP contribution in [0.3, 0.4) is 0 Å². The summed E-state index contributed by atoms with van der Waals surface area (Å²) < 4.78 is 0. The lowest BCUT2D eigenvalue weighted by atomic mass is 10.1. The van der Waals surface area contributed by atoms with E-state index in [-0.39, 0.29) is 11.2 Å². The van der Waals surface area contributed by atoms with Gasteiger partial charge in [-0.1, -0.05) is 0 Å². The molecule has 0 saturated heterocycles. The second-order valence-corrected chi connectivity index (χ2v) is 4.91. The van der Waals surface area contributed by atoms with Gasteiger partial charge in [0.15, 0.2) is 0 Å². The summed E-state index contributed by atoms with van der Waals surface area (Å²) in [7, 11) is 0. The first-order valence-electron chi connectivity index (χ1n) is 4.82. The Morgan fingerprint density at radius 3 is 2.56 bits per heavy atom. The highest BCUT2D eigenvalue weighted by atomic mass is 32.1. The number of thiol groups is 1. The van der Waals surface area contributed by atoms with Crippen molar-refractivity contribution in [1.29, 1.82) is 0 Å². The molecule has 16 heavy (non-hydrogen) atoms. The van der Waals surface area contributed by atoms with Gasteiger partial charge in [-0.2, -0.15) is 0 Å². The quantitative estimate of drug-likeness (QED) is 0.372. The number of hydrogen-bond acceptors (Lipinski definition) is 4. The fourth-order valence-electron chi connectivity index (χ4n) is 1.02. The van der Waals surface area contributed by atoms with Crippen molar-refractivity contribution < 1.29 is 4.92 Å². The van der Waals surface area contributed by atoms with E-state index < -0.39 is 4.92 Å². The van der Waals surface area contributed by atoms with Crippen LogP contribution in [0.2, 0.25) is 0 Å². The van der Waals surface area contributed by atoms with E-state index in [1.807, 2.05) is 20.8 Å². The molecule has 1 aromatic carbocycles. The third kappa shape index (κ3) is 3.66. The summed E-state index contributed by atoms with van der Waals surface area (Å²) >= 11 is 4.23. The summed E-state index contributed by atoms with van der Waals surface area (Å²) in [6.45, 7) is 5.87. The molecule has 0 spiro atoms. The van der Waals surface area contributed by atoms with Crippen molar-refractivity contribution in [2.45, 2.75) is 31.2 Å². The molecule has 0 aliphatic rings. The maximum Gasteiger partial charge on any atom is 0.270 e. The number of nitro groups is 1. The van der Waals surface area contributed by atoms with Crippen LogP contribution in [-0.4, -0.2) is 16.7 Å². The Kier molecular flexibility index (Phi) is 3.70. The molecule has 0 aliphatic carbocycles. The molecule has 5 heteroatoms. The van der Waals surface area contributed by atoms with E-state index in [2.05, 4.69) is 17.6 Å². The number of aliphatic imine (C=N–C) groups is 1. The third-order valence-corrected chi connectivity index (χ3v) is 2.22.